The zero-order chi connectivity index (χ0) is 14.3. The molecule has 1 aliphatic rings. The average Bonchev–Trinajstić information content (AvgIpc) is 2.81. The third-order valence-electron chi connectivity index (χ3n) is 3.19. The van der Waals surface area contributed by atoms with Crippen molar-refractivity contribution < 1.29 is 24.9 Å². The second kappa shape index (κ2) is 4.78. The fourth-order valence-corrected chi connectivity index (χ4v) is 2.04. The summed E-state index contributed by atoms with van der Waals surface area (Å²) in [6.45, 7) is 1.12. The molecule has 0 bridgehead atoms. The normalized spacial score (nSPS) is 30.7. The highest BCUT2D eigenvalue weighted by atomic mass is 16.6. The minimum absolute atomic E-state index is 0.0882. The zero-order valence-electron chi connectivity index (χ0n) is 10.2. The van der Waals surface area contributed by atoms with E-state index in [0.717, 1.165) is 0 Å². The smallest absolute Gasteiger partial charge is 0.271 e. The van der Waals surface area contributed by atoms with Crippen LogP contribution in [0, 0.1) is 6.92 Å². The minimum Gasteiger partial charge on any atom is -0.395 e. The Hall–Kier alpha value is -1.68. The summed E-state index contributed by atoms with van der Waals surface area (Å²) in [6, 6.07) is 0. The number of carbonyl (C=O) groups excluding carboxylic acids is 1. The molecule has 2 heterocycles. The van der Waals surface area contributed by atoms with Gasteiger partial charge in [0, 0.05) is 0 Å². The summed E-state index contributed by atoms with van der Waals surface area (Å²) in [7, 11) is 0. The number of amides is 1. The number of ether oxygens (including phenoxy) is 1. The maximum Gasteiger partial charge on any atom is 0.271 e. The van der Waals surface area contributed by atoms with Gasteiger partial charge in [0.2, 0.25) is 0 Å². The third-order valence-corrected chi connectivity index (χ3v) is 3.19. The van der Waals surface area contributed by atoms with Gasteiger partial charge in [-0.1, -0.05) is 0 Å². The molecule has 0 aliphatic carbocycles. The number of carbonyl (C=O) groups is 1. The number of primary amides is 1. The van der Waals surface area contributed by atoms with Crippen molar-refractivity contribution in [1.29, 1.82) is 0 Å². The molecule has 0 radical (unpaired) electrons. The Morgan fingerprint density at radius 3 is 2.53 bits per heavy atom. The second-order valence-electron chi connectivity index (χ2n) is 4.39. The number of aromatic nitrogens is 2. The summed E-state index contributed by atoms with van der Waals surface area (Å²) in [5.41, 5.74) is 11.1. The van der Waals surface area contributed by atoms with Gasteiger partial charge in [0.25, 0.3) is 5.91 Å². The van der Waals surface area contributed by atoms with Crippen molar-refractivity contribution in [3.05, 3.63) is 11.4 Å². The standard InChI is InChI=1S/C10H16N4O5/c1-3-5(11)6(9(12)18)13-14(3)10-8(17)7(16)4(2-15)19-10/h4,7-8,10,15-17H,2,11H2,1H3,(H2,12,18)/t4-,7-,8-,10?/m1/s1. The summed E-state index contributed by atoms with van der Waals surface area (Å²) in [5.74, 6) is -0.800. The first-order valence-corrected chi connectivity index (χ1v) is 5.65. The molecule has 1 saturated heterocycles. The number of aliphatic hydroxyl groups is 3. The highest BCUT2D eigenvalue weighted by Crippen LogP contribution is 2.31. The van der Waals surface area contributed by atoms with Gasteiger partial charge in [-0.3, -0.25) is 4.79 Å². The van der Waals surface area contributed by atoms with Crippen LogP contribution in [0.3, 0.4) is 0 Å². The van der Waals surface area contributed by atoms with E-state index in [1.807, 2.05) is 0 Å². The molecular weight excluding hydrogens is 256 g/mol. The monoisotopic (exact) mass is 272 g/mol. The van der Waals surface area contributed by atoms with Gasteiger partial charge in [-0.15, -0.1) is 0 Å². The van der Waals surface area contributed by atoms with E-state index >= 15 is 0 Å². The Kier molecular flexibility index (Phi) is 3.45. The average molecular weight is 272 g/mol. The van der Waals surface area contributed by atoms with Crippen molar-refractivity contribution in [3.63, 3.8) is 0 Å². The van der Waals surface area contributed by atoms with E-state index in [0.29, 0.717) is 5.69 Å². The molecule has 1 amide bonds. The first-order valence-electron chi connectivity index (χ1n) is 5.65. The van der Waals surface area contributed by atoms with Gasteiger partial charge in [0.05, 0.1) is 18.0 Å². The molecule has 1 unspecified atom stereocenters. The van der Waals surface area contributed by atoms with Gasteiger partial charge < -0.3 is 31.5 Å². The second-order valence-corrected chi connectivity index (χ2v) is 4.39. The number of rotatable bonds is 3. The van der Waals surface area contributed by atoms with Crippen molar-refractivity contribution in [2.24, 2.45) is 5.73 Å². The quantitative estimate of drug-likeness (QED) is 0.406. The third kappa shape index (κ3) is 2.06. The molecule has 19 heavy (non-hydrogen) atoms. The molecule has 9 heteroatoms. The van der Waals surface area contributed by atoms with Gasteiger partial charge in [-0.2, -0.15) is 5.10 Å². The first kappa shape index (κ1) is 13.7. The molecule has 7 N–H and O–H groups in total. The number of hydrogen-bond acceptors (Lipinski definition) is 7. The number of hydrogen-bond donors (Lipinski definition) is 5. The number of aliphatic hydroxyl groups excluding tert-OH is 3. The first-order chi connectivity index (χ1) is 8.88. The molecule has 1 fully saturated rings. The van der Waals surface area contributed by atoms with Crippen LogP contribution in [0.1, 0.15) is 22.4 Å². The summed E-state index contributed by atoms with van der Waals surface area (Å²) in [4.78, 5) is 11.1. The lowest BCUT2D eigenvalue weighted by molar-refractivity contribution is -0.0595. The van der Waals surface area contributed by atoms with Crippen molar-refractivity contribution in [1.82, 2.24) is 9.78 Å². The predicted molar refractivity (Wildman–Crippen MR) is 62.9 cm³/mol. The largest absolute Gasteiger partial charge is 0.395 e. The predicted octanol–water partition coefficient (Wildman–Crippen LogP) is -2.52. The van der Waals surface area contributed by atoms with E-state index in [2.05, 4.69) is 5.10 Å². The van der Waals surface area contributed by atoms with Crippen molar-refractivity contribution >= 4 is 11.6 Å². The van der Waals surface area contributed by atoms with Crippen LogP contribution < -0.4 is 11.5 Å². The molecule has 1 aromatic heterocycles. The highest BCUT2D eigenvalue weighted by molar-refractivity contribution is 5.96. The number of nitrogens with two attached hydrogens (primary N) is 2. The summed E-state index contributed by atoms with van der Waals surface area (Å²) in [5, 5.41) is 32.4. The van der Waals surface area contributed by atoms with Gasteiger partial charge in [-0.05, 0) is 6.92 Å². The molecule has 9 nitrogen and oxygen atoms in total. The zero-order valence-corrected chi connectivity index (χ0v) is 10.2. The molecule has 4 atom stereocenters. The fourth-order valence-electron chi connectivity index (χ4n) is 2.04. The summed E-state index contributed by atoms with van der Waals surface area (Å²) in [6.07, 6.45) is -4.52. The van der Waals surface area contributed by atoms with Crippen molar-refractivity contribution in [2.75, 3.05) is 12.3 Å². The van der Waals surface area contributed by atoms with Gasteiger partial charge in [0.1, 0.15) is 18.3 Å². The molecule has 0 saturated carbocycles. The van der Waals surface area contributed by atoms with E-state index in [9.17, 15) is 15.0 Å². The van der Waals surface area contributed by atoms with Crippen LogP contribution in [0.4, 0.5) is 5.69 Å². The lowest BCUT2D eigenvalue weighted by Gasteiger charge is -2.16. The fraction of sp³-hybridized carbons (Fsp3) is 0.600. The molecule has 1 aliphatic heterocycles. The van der Waals surface area contributed by atoms with Crippen LogP contribution in [0.2, 0.25) is 0 Å². The Balaban J connectivity index is 2.38. The highest BCUT2D eigenvalue weighted by Gasteiger charge is 2.44. The molecule has 0 spiro atoms. The minimum atomic E-state index is -1.30. The lowest BCUT2D eigenvalue weighted by Crippen LogP contribution is -2.33. The van der Waals surface area contributed by atoms with Crippen LogP contribution in [0.25, 0.3) is 0 Å². The summed E-state index contributed by atoms with van der Waals surface area (Å²) < 4.78 is 6.47. The van der Waals surface area contributed by atoms with Crippen LogP contribution in [0.5, 0.6) is 0 Å². The van der Waals surface area contributed by atoms with Crippen LogP contribution in [-0.4, -0.2) is 55.9 Å². The van der Waals surface area contributed by atoms with Gasteiger partial charge in [0.15, 0.2) is 11.9 Å². The Labute approximate surface area is 108 Å². The van der Waals surface area contributed by atoms with E-state index < -0.39 is 37.1 Å². The molecular formula is C10H16N4O5. The van der Waals surface area contributed by atoms with E-state index in [1.54, 1.807) is 6.92 Å². The van der Waals surface area contributed by atoms with Gasteiger partial charge >= 0.3 is 0 Å². The molecule has 2 rings (SSSR count). The molecule has 0 aromatic carbocycles. The number of nitrogens with zero attached hydrogens (tertiary/aromatic N) is 2. The maximum atomic E-state index is 11.1. The summed E-state index contributed by atoms with van der Waals surface area (Å²) >= 11 is 0. The Bertz CT molecular complexity index is 502. The lowest BCUT2D eigenvalue weighted by atomic mass is 10.1. The molecule has 1 aromatic rings. The Morgan fingerprint density at radius 1 is 1.47 bits per heavy atom. The molecule has 106 valence electrons. The SMILES string of the molecule is Cc1c(N)c(C(N)=O)nn1C1O[C@H](CO)[C@@H](O)[C@H]1O. The van der Waals surface area contributed by atoms with E-state index in [4.69, 9.17) is 21.3 Å². The van der Waals surface area contributed by atoms with Crippen LogP contribution in [-0.2, 0) is 4.74 Å². The Morgan fingerprint density at radius 2 is 2.11 bits per heavy atom. The maximum absolute atomic E-state index is 11.1. The number of anilines is 1. The number of nitrogen functional groups attached to an aromatic ring is 1. The van der Waals surface area contributed by atoms with Crippen LogP contribution in [0.15, 0.2) is 0 Å². The van der Waals surface area contributed by atoms with E-state index in [1.165, 1.54) is 4.68 Å². The topological polar surface area (TPSA) is 157 Å². The van der Waals surface area contributed by atoms with Gasteiger partial charge in [-0.25, -0.2) is 4.68 Å². The van der Waals surface area contributed by atoms with Crippen molar-refractivity contribution in [3.8, 4) is 0 Å². The van der Waals surface area contributed by atoms with Crippen LogP contribution >= 0.6 is 0 Å². The van der Waals surface area contributed by atoms with Crippen molar-refractivity contribution in [2.45, 2.75) is 31.5 Å². The van der Waals surface area contributed by atoms with E-state index in [-0.39, 0.29) is 11.4 Å².